The first kappa shape index (κ1) is 24.0. The van der Waals surface area contributed by atoms with Crippen LogP contribution in [0.5, 0.6) is 0 Å². The van der Waals surface area contributed by atoms with Crippen LogP contribution in [0, 0.1) is 5.41 Å². The van der Waals surface area contributed by atoms with Crippen LogP contribution >= 0.6 is 0 Å². The molecule has 0 fully saturated rings. The Hall–Kier alpha value is -4.13. The van der Waals surface area contributed by atoms with Gasteiger partial charge >= 0.3 is 12.1 Å². The van der Waals surface area contributed by atoms with Crippen LogP contribution in [0.15, 0.2) is 72.8 Å². The van der Waals surface area contributed by atoms with Crippen molar-refractivity contribution in [3.63, 3.8) is 0 Å². The van der Waals surface area contributed by atoms with Gasteiger partial charge in [-0.25, -0.2) is 4.79 Å². The molecule has 180 valence electrons. The van der Waals surface area contributed by atoms with E-state index in [0.717, 1.165) is 22.3 Å². The summed E-state index contributed by atoms with van der Waals surface area (Å²) in [5.41, 5.74) is 4.54. The van der Waals surface area contributed by atoms with Gasteiger partial charge in [0.2, 0.25) is 5.91 Å². The fourth-order valence-electron chi connectivity index (χ4n) is 4.27. The highest BCUT2D eigenvalue weighted by atomic mass is 16.5. The molecule has 1 aliphatic carbocycles. The van der Waals surface area contributed by atoms with Crippen molar-refractivity contribution >= 4 is 23.7 Å². The second kappa shape index (κ2) is 10.0. The van der Waals surface area contributed by atoms with Crippen LogP contribution in [0.4, 0.5) is 10.5 Å². The maximum atomic E-state index is 12.9. The number of para-hydroxylation sites is 1. The second-order valence-corrected chi connectivity index (χ2v) is 9.24. The first-order valence-corrected chi connectivity index (χ1v) is 11.5. The van der Waals surface area contributed by atoms with E-state index in [4.69, 9.17) is 9.84 Å². The van der Waals surface area contributed by atoms with Gasteiger partial charge in [-0.15, -0.1) is 0 Å². The topological polar surface area (TPSA) is 105 Å². The van der Waals surface area contributed by atoms with Crippen LogP contribution in [-0.4, -0.2) is 36.2 Å². The number of alkyl carbamates (subject to hydrolysis) is 1. The van der Waals surface area contributed by atoms with E-state index in [1.54, 1.807) is 38.1 Å². The van der Waals surface area contributed by atoms with Crippen molar-refractivity contribution in [1.29, 1.82) is 0 Å². The monoisotopic (exact) mass is 472 g/mol. The number of benzene rings is 3. The van der Waals surface area contributed by atoms with E-state index in [9.17, 15) is 14.4 Å². The van der Waals surface area contributed by atoms with Crippen LogP contribution in [0.1, 0.15) is 36.5 Å². The van der Waals surface area contributed by atoms with Crippen LogP contribution in [-0.2, 0) is 20.7 Å². The minimum atomic E-state index is -0.983. The van der Waals surface area contributed by atoms with Gasteiger partial charge in [-0.3, -0.25) is 9.59 Å². The summed E-state index contributed by atoms with van der Waals surface area (Å²) in [6, 6.07) is 23.0. The van der Waals surface area contributed by atoms with Gasteiger partial charge in [-0.05, 0) is 47.7 Å². The molecule has 0 unspecified atom stereocenters. The zero-order valence-corrected chi connectivity index (χ0v) is 19.7. The molecule has 4 rings (SSSR count). The molecule has 3 aromatic carbocycles. The first-order chi connectivity index (χ1) is 16.8. The zero-order valence-electron chi connectivity index (χ0n) is 19.7. The van der Waals surface area contributed by atoms with Crippen LogP contribution in [0.3, 0.4) is 0 Å². The lowest BCUT2D eigenvalue weighted by atomic mass is 9.92. The average Bonchev–Trinajstić information content (AvgIpc) is 3.16. The minimum Gasteiger partial charge on any atom is -0.481 e. The molecule has 0 aromatic heterocycles. The Morgan fingerprint density at radius 2 is 1.46 bits per heavy atom. The summed E-state index contributed by atoms with van der Waals surface area (Å²) in [5.74, 6) is -1.37. The molecule has 0 saturated carbocycles. The Bertz CT molecular complexity index is 1220. The van der Waals surface area contributed by atoms with Crippen LogP contribution < -0.4 is 10.6 Å². The number of hydrogen-bond acceptors (Lipinski definition) is 4. The summed E-state index contributed by atoms with van der Waals surface area (Å²) >= 11 is 0. The first-order valence-electron chi connectivity index (χ1n) is 11.5. The average molecular weight is 473 g/mol. The smallest absolute Gasteiger partial charge is 0.407 e. The molecule has 0 spiro atoms. The third-order valence-corrected chi connectivity index (χ3v) is 6.24. The molecule has 0 bridgehead atoms. The second-order valence-electron chi connectivity index (χ2n) is 9.24. The number of rotatable bonds is 8. The Labute approximate surface area is 204 Å². The molecule has 0 saturated heterocycles. The van der Waals surface area contributed by atoms with Crippen molar-refractivity contribution < 1.29 is 24.2 Å². The highest BCUT2D eigenvalue weighted by molar-refractivity contribution is 5.96. The summed E-state index contributed by atoms with van der Waals surface area (Å²) in [5, 5.41) is 14.6. The minimum absolute atomic E-state index is 0.0461. The summed E-state index contributed by atoms with van der Waals surface area (Å²) in [6.07, 6.45) is -0.798. The number of amides is 2. The Kier molecular flexibility index (Phi) is 6.87. The Morgan fingerprint density at radius 1 is 0.886 bits per heavy atom. The molecule has 0 heterocycles. The molecule has 0 atom stereocenters. The molecule has 0 aliphatic heterocycles. The van der Waals surface area contributed by atoms with Gasteiger partial charge in [0.15, 0.2) is 0 Å². The van der Waals surface area contributed by atoms with Crippen LogP contribution in [0.25, 0.3) is 11.1 Å². The molecule has 3 N–H and O–H groups in total. The molecule has 7 heteroatoms. The van der Waals surface area contributed by atoms with Crippen molar-refractivity contribution in [3.05, 3.63) is 89.5 Å². The van der Waals surface area contributed by atoms with E-state index in [1.165, 1.54) is 0 Å². The quantitative estimate of drug-likeness (QED) is 0.436. The van der Waals surface area contributed by atoms with Gasteiger partial charge in [0, 0.05) is 18.2 Å². The normalized spacial score (nSPS) is 12.4. The number of carbonyl (C=O) groups excluding carboxylic acids is 2. The van der Waals surface area contributed by atoms with Gasteiger partial charge in [0.05, 0.1) is 11.8 Å². The molecule has 2 amide bonds. The number of anilines is 1. The lowest BCUT2D eigenvalue weighted by Gasteiger charge is -2.24. The Balaban J connectivity index is 1.34. The van der Waals surface area contributed by atoms with E-state index in [2.05, 4.69) is 34.9 Å². The number of fused-ring (bicyclic) bond motifs is 3. The standard InChI is InChI=1S/C28H28N2O5/c1-28(2,26(33)30-24-14-8-3-9-18(24)15-25(31)32)17-29-27(34)35-16-23-21-12-6-4-10-19(21)20-11-5-7-13-22(20)23/h3-14,23H,15-17H2,1-2H3,(H,29,34)(H,30,33)(H,31,32). The summed E-state index contributed by atoms with van der Waals surface area (Å²) in [6.45, 7) is 3.64. The molecule has 7 nitrogen and oxygen atoms in total. The van der Waals surface area contributed by atoms with Gasteiger partial charge in [-0.2, -0.15) is 0 Å². The third-order valence-electron chi connectivity index (χ3n) is 6.24. The Morgan fingerprint density at radius 3 is 2.09 bits per heavy atom. The number of carboxylic acid groups (broad SMARTS) is 1. The summed E-state index contributed by atoms with van der Waals surface area (Å²) < 4.78 is 5.55. The van der Waals surface area contributed by atoms with E-state index in [1.807, 2.05) is 24.3 Å². The van der Waals surface area contributed by atoms with Crippen LogP contribution in [0.2, 0.25) is 0 Å². The zero-order chi connectivity index (χ0) is 25.0. The lowest BCUT2D eigenvalue weighted by Crippen LogP contribution is -2.42. The van der Waals surface area contributed by atoms with E-state index in [0.29, 0.717) is 11.3 Å². The molecule has 1 aliphatic rings. The van der Waals surface area contributed by atoms with Crippen molar-refractivity contribution in [3.8, 4) is 11.1 Å². The number of ether oxygens (including phenoxy) is 1. The highest BCUT2D eigenvalue weighted by Crippen LogP contribution is 2.44. The molecular weight excluding hydrogens is 444 g/mol. The van der Waals surface area contributed by atoms with Crippen molar-refractivity contribution in [1.82, 2.24) is 5.32 Å². The SMILES string of the molecule is CC(C)(CNC(=O)OCC1c2ccccc2-c2ccccc21)C(=O)Nc1ccccc1CC(=O)O. The summed E-state index contributed by atoms with van der Waals surface area (Å²) in [7, 11) is 0. The number of nitrogens with one attached hydrogen (secondary N) is 2. The number of hydrogen-bond donors (Lipinski definition) is 3. The van der Waals surface area contributed by atoms with Gasteiger partial charge < -0.3 is 20.5 Å². The predicted octanol–water partition coefficient (Wildman–Crippen LogP) is 4.82. The van der Waals surface area contributed by atoms with Gasteiger partial charge in [0.25, 0.3) is 0 Å². The molecule has 3 aromatic rings. The largest absolute Gasteiger partial charge is 0.481 e. The molecular formula is C28H28N2O5. The van der Waals surface area contributed by atoms with Crippen molar-refractivity contribution in [2.75, 3.05) is 18.5 Å². The lowest BCUT2D eigenvalue weighted by molar-refractivity contribution is -0.136. The molecule has 35 heavy (non-hydrogen) atoms. The third kappa shape index (κ3) is 5.35. The maximum absolute atomic E-state index is 12.9. The number of carboxylic acids is 1. The van der Waals surface area contributed by atoms with Crippen molar-refractivity contribution in [2.24, 2.45) is 5.41 Å². The summed E-state index contributed by atoms with van der Waals surface area (Å²) in [4.78, 5) is 36.5. The van der Waals surface area contributed by atoms with Gasteiger partial charge in [-0.1, -0.05) is 66.7 Å². The highest BCUT2D eigenvalue weighted by Gasteiger charge is 2.31. The van der Waals surface area contributed by atoms with Gasteiger partial charge in [0.1, 0.15) is 6.61 Å². The fraction of sp³-hybridized carbons (Fsp3) is 0.250. The predicted molar refractivity (Wildman–Crippen MR) is 133 cm³/mol. The van der Waals surface area contributed by atoms with E-state index in [-0.39, 0.29) is 31.4 Å². The number of aliphatic carboxylic acids is 1. The fourth-order valence-corrected chi connectivity index (χ4v) is 4.27. The number of carbonyl (C=O) groups is 3. The van der Waals surface area contributed by atoms with E-state index >= 15 is 0 Å². The van der Waals surface area contributed by atoms with Crippen molar-refractivity contribution in [2.45, 2.75) is 26.2 Å². The van der Waals surface area contributed by atoms with E-state index < -0.39 is 17.5 Å². The molecule has 0 radical (unpaired) electrons. The maximum Gasteiger partial charge on any atom is 0.407 e.